The quantitative estimate of drug-likeness (QED) is 0.372. The van der Waals surface area contributed by atoms with E-state index in [1.54, 1.807) is 7.05 Å². The van der Waals surface area contributed by atoms with Gasteiger partial charge in [0, 0.05) is 46.2 Å². The van der Waals surface area contributed by atoms with Crippen LogP contribution in [-0.2, 0) is 6.54 Å². The van der Waals surface area contributed by atoms with Crippen LogP contribution in [0.4, 0.5) is 13.2 Å². The Morgan fingerprint density at radius 1 is 1.14 bits per heavy atom. The number of alkyl halides is 3. The number of nitrogens with zero attached hydrogens (tertiary/aromatic N) is 3. The van der Waals surface area contributed by atoms with E-state index in [0.717, 1.165) is 23.5 Å². The van der Waals surface area contributed by atoms with E-state index in [9.17, 15) is 13.2 Å². The predicted octanol–water partition coefficient (Wildman–Crippen LogP) is 3.11. The van der Waals surface area contributed by atoms with Crippen molar-refractivity contribution in [3.05, 3.63) is 23.8 Å². The van der Waals surface area contributed by atoms with Crippen molar-refractivity contribution in [1.29, 1.82) is 0 Å². The Balaban J connectivity index is 0.00000300. The molecule has 0 saturated carbocycles. The molecule has 0 bridgehead atoms. The molecule has 0 aliphatic carbocycles. The molecule has 0 aromatic heterocycles. The van der Waals surface area contributed by atoms with Gasteiger partial charge in [0.1, 0.15) is 6.04 Å². The molecule has 1 N–H and O–H groups in total. The highest BCUT2D eigenvalue weighted by Gasteiger charge is 2.41. The minimum Gasteiger partial charge on any atom is -0.490 e. The maximum Gasteiger partial charge on any atom is 0.403 e. The van der Waals surface area contributed by atoms with Gasteiger partial charge in [-0.1, -0.05) is 6.07 Å². The Bertz CT molecular complexity index is 695. The molecule has 1 aromatic carbocycles. The first kappa shape index (κ1) is 23.8. The Labute approximate surface area is 186 Å². The second-order valence-corrected chi connectivity index (χ2v) is 6.97. The van der Waals surface area contributed by atoms with Crippen LogP contribution in [0.2, 0.25) is 0 Å². The molecule has 164 valence electrons. The standard InChI is InChI=1S/C19H27F3N4O2.HI/c1-14(19(20,21)22)25-6-8-26(9-7-25)18(23-2)24-13-15-4-5-16-17(12-15)28-11-3-10-27-16;/h4-5,12,14H,3,6-11,13H2,1-2H3,(H,23,24);1H. The zero-order valence-electron chi connectivity index (χ0n) is 16.7. The van der Waals surface area contributed by atoms with E-state index < -0.39 is 12.2 Å². The number of guanidine groups is 1. The van der Waals surface area contributed by atoms with Crippen LogP contribution in [0, 0.1) is 0 Å². The van der Waals surface area contributed by atoms with Crippen molar-refractivity contribution in [2.45, 2.75) is 32.1 Å². The smallest absolute Gasteiger partial charge is 0.403 e. The van der Waals surface area contributed by atoms with Crippen molar-refractivity contribution >= 4 is 29.9 Å². The van der Waals surface area contributed by atoms with E-state index in [1.807, 2.05) is 23.1 Å². The van der Waals surface area contributed by atoms with E-state index in [2.05, 4.69) is 10.3 Å². The molecule has 1 fully saturated rings. The molecule has 6 nitrogen and oxygen atoms in total. The lowest BCUT2D eigenvalue weighted by atomic mass is 10.2. The summed E-state index contributed by atoms with van der Waals surface area (Å²) in [6.07, 6.45) is -3.34. The number of hydrogen-bond donors (Lipinski definition) is 1. The average Bonchev–Trinajstić information content (AvgIpc) is 2.92. The number of benzene rings is 1. The van der Waals surface area contributed by atoms with Gasteiger partial charge in [-0.3, -0.25) is 9.89 Å². The molecule has 2 aliphatic rings. The number of ether oxygens (including phenoxy) is 2. The van der Waals surface area contributed by atoms with E-state index >= 15 is 0 Å². The molecular weight excluding hydrogens is 500 g/mol. The van der Waals surface area contributed by atoms with Gasteiger partial charge in [0.25, 0.3) is 0 Å². The maximum absolute atomic E-state index is 12.9. The molecule has 10 heteroatoms. The van der Waals surface area contributed by atoms with Gasteiger partial charge in [0.15, 0.2) is 17.5 Å². The molecule has 0 spiro atoms. The Morgan fingerprint density at radius 3 is 2.41 bits per heavy atom. The predicted molar refractivity (Wildman–Crippen MR) is 116 cm³/mol. The van der Waals surface area contributed by atoms with Crippen LogP contribution in [0.5, 0.6) is 11.5 Å². The maximum atomic E-state index is 12.9. The summed E-state index contributed by atoms with van der Waals surface area (Å²) in [7, 11) is 1.68. The van der Waals surface area contributed by atoms with Crippen LogP contribution in [0.3, 0.4) is 0 Å². The van der Waals surface area contributed by atoms with Crippen LogP contribution in [-0.4, -0.2) is 74.4 Å². The summed E-state index contributed by atoms with van der Waals surface area (Å²) in [5, 5.41) is 3.29. The van der Waals surface area contributed by atoms with Crippen molar-refractivity contribution in [3.8, 4) is 11.5 Å². The van der Waals surface area contributed by atoms with Gasteiger partial charge in [0.05, 0.1) is 13.2 Å². The van der Waals surface area contributed by atoms with Gasteiger partial charge in [-0.25, -0.2) is 0 Å². The van der Waals surface area contributed by atoms with Crippen molar-refractivity contribution < 1.29 is 22.6 Å². The van der Waals surface area contributed by atoms with Crippen LogP contribution < -0.4 is 14.8 Å². The highest BCUT2D eigenvalue weighted by atomic mass is 127. The summed E-state index contributed by atoms with van der Waals surface area (Å²) >= 11 is 0. The Kier molecular flexibility index (Phi) is 8.68. The van der Waals surface area contributed by atoms with Gasteiger partial charge in [0.2, 0.25) is 0 Å². The van der Waals surface area contributed by atoms with Crippen LogP contribution in [0.15, 0.2) is 23.2 Å². The molecular formula is C19H28F3IN4O2. The number of halogens is 4. The molecule has 29 heavy (non-hydrogen) atoms. The number of hydrogen-bond acceptors (Lipinski definition) is 4. The molecule has 0 amide bonds. The van der Waals surface area contributed by atoms with Crippen LogP contribution >= 0.6 is 24.0 Å². The zero-order valence-corrected chi connectivity index (χ0v) is 19.0. The Morgan fingerprint density at radius 2 is 1.79 bits per heavy atom. The minimum absolute atomic E-state index is 0. The minimum atomic E-state index is -4.20. The number of piperazine rings is 1. The van der Waals surface area contributed by atoms with Gasteiger partial charge >= 0.3 is 6.18 Å². The largest absolute Gasteiger partial charge is 0.490 e. The molecule has 0 radical (unpaired) electrons. The summed E-state index contributed by atoms with van der Waals surface area (Å²) in [4.78, 5) is 7.74. The normalized spacial score (nSPS) is 19.2. The fourth-order valence-electron chi connectivity index (χ4n) is 3.36. The fourth-order valence-corrected chi connectivity index (χ4v) is 3.36. The van der Waals surface area contributed by atoms with E-state index in [-0.39, 0.29) is 24.0 Å². The highest BCUT2D eigenvalue weighted by molar-refractivity contribution is 14.0. The molecule has 1 saturated heterocycles. The first-order valence-corrected chi connectivity index (χ1v) is 9.53. The first-order valence-electron chi connectivity index (χ1n) is 9.53. The molecule has 1 unspecified atom stereocenters. The van der Waals surface area contributed by atoms with Gasteiger partial charge in [-0.05, 0) is 24.6 Å². The molecule has 1 atom stereocenters. The number of aliphatic imine (C=N–C) groups is 1. The highest BCUT2D eigenvalue weighted by Crippen LogP contribution is 2.30. The van der Waals surface area contributed by atoms with Crippen molar-refractivity contribution in [3.63, 3.8) is 0 Å². The summed E-state index contributed by atoms with van der Waals surface area (Å²) in [5.74, 6) is 2.17. The lowest BCUT2D eigenvalue weighted by molar-refractivity contribution is -0.181. The number of nitrogens with one attached hydrogen (secondary N) is 1. The van der Waals surface area contributed by atoms with Gasteiger partial charge in [-0.15, -0.1) is 24.0 Å². The summed E-state index contributed by atoms with van der Waals surface area (Å²) in [6.45, 7) is 4.75. The average molecular weight is 528 g/mol. The van der Waals surface area contributed by atoms with E-state index in [0.29, 0.717) is 51.9 Å². The third-order valence-electron chi connectivity index (χ3n) is 5.11. The summed E-state index contributed by atoms with van der Waals surface area (Å²) in [5.41, 5.74) is 1.02. The van der Waals surface area contributed by atoms with Gasteiger partial charge < -0.3 is 19.7 Å². The molecule has 2 aliphatic heterocycles. The second-order valence-electron chi connectivity index (χ2n) is 6.97. The second kappa shape index (κ2) is 10.6. The van der Waals surface area contributed by atoms with Crippen LogP contribution in [0.25, 0.3) is 0 Å². The lowest BCUT2D eigenvalue weighted by Crippen LogP contribution is -2.56. The molecule has 3 rings (SSSR count). The Hall–Kier alpha value is -1.43. The third kappa shape index (κ3) is 6.27. The van der Waals surface area contributed by atoms with E-state index in [4.69, 9.17) is 9.47 Å². The van der Waals surface area contributed by atoms with Crippen molar-refractivity contribution in [2.24, 2.45) is 4.99 Å². The zero-order chi connectivity index (χ0) is 20.1. The summed E-state index contributed by atoms with van der Waals surface area (Å²) < 4.78 is 50.0. The third-order valence-corrected chi connectivity index (χ3v) is 5.11. The fraction of sp³-hybridized carbons (Fsp3) is 0.632. The SMILES string of the molecule is CN=C(NCc1ccc2c(c1)OCCCO2)N1CCN(C(C)C(F)(F)F)CC1.I. The molecule has 2 heterocycles. The molecule has 1 aromatic rings. The number of fused-ring (bicyclic) bond motifs is 1. The van der Waals surface area contributed by atoms with E-state index in [1.165, 1.54) is 11.8 Å². The summed E-state index contributed by atoms with van der Waals surface area (Å²) in [6, 6.07) is 4.39. The topological polar surface area (TPSA) is 49.3 Å². The first-order chi connectivity index (χ1) is 13.4. The monoisotopic (exact) mass is 528 g/mol. The van der Waals surface area contributed by atoms with Crippen molar-refractivity contribution in [2.75, 3.05) is 46.4 Å². The lowest BCUT2D eigenvalue weighted by Gasteiger charge is -2.39. The number of rotatable bonds is 3. The van der Waals surface area contributed by atoms with Crippen molar-refractivity contribution in [1.82, 2.24) is 15.1 Å². The van der Waals surface area contributed by atoms with Gasteiger partial charge in [-0.2, -0.15) is 13.2 Å². The van der Waals surface area contributed by atoms with Crippen LogP contribution in [0.1, 0.15) is 18.9 Å².